The molecule has 0 amide bonds. The summed E-state index contributed by atoms with van der Waals surface area (Å²) in [7, 11) is 0. The van der Waals surface area contributed by atoms with E-state index in [1.165, 1.54) is 37.8 Å². The maximum absolute atomic E-state index is 12.8. The number of ether oxygens (including phenoxy) is 1. The van der Waals surface area contributed by atoms with Crippen LogP contribution in [0.1, 0.15) is 51.9 Å². The minimum absolute atomic E-state index is 0.0361. The molecule has 0 fully saturated rings. The molecule has 0 aliphatic carbocycles. The first-order valence-electron chi connectivity index (χ1n) is 7.47. The number of hydrogen-bond acceptors (Lipinski definition) is 1. The maximum Gasteiger partial charge on any atom is 0.513 e. The van der Waals surface area contributed by atoms with Crippen LogP contribution >= 0.6 is 0 Å². The monoisotopic (exact) mass is 287 g/mol. The van der Waals surface area contributed by atoms with Crippen LogP contribution in [0.2, 0.25) is 0 Å². The molecule has 114 valence electrons. The van der Waals surface area contributed by atoms with E-state index in [4.69, 9.17) is 4.74 Å². The fraction of sp³-hybridized carbons (Fsp3) is 0.600. The largest absolute Gasteiger partial charge is 0.513 e. The first kappa shape index (κ1) is 16.9. The summed E-state index contributed by atoms with van der Waals surface area (Å²) in [4.78, 5) is 0. The normalized spacial score (nSPS) is 11.6. The van der Waals surface area contributed by atoms with E-state index in [1.54, 1.807) is 6.07 Å². The van der Waals surface area contributed by atoms with Gasteiger partial charge in [0.25, 0.3) is 0 Å². The standard InChI is InChI=1S/C15H23BF3O/c1-2-3-4-5-6-7-10-13-20-15-12-9-8-11-14(15)16(17,18)19/h8-9,11-12H,2-7,10,13H2,1H3/q-1. The molecule has 0 N–H and O–H groups in total. The molecule has 0 aliphatic rings. The zero-order valence-corrected chi connectivity index (χ0v) is 12.1. The zero-order chi connectivity index (χ0) is 14.8. The van der Waals surface area contributed by atoms with Gasteiger partial charge in [-0.15, -0.1) is 0 Å². The van der Waals surface area contributed by atoms with Crippen molar-refractivity contribution in [1.82, 2.24) is 0 Å². The predicted octanol–water partition coefficient (Wildman–Crippen LogP) is 4.87. The molecule has 1 aromatic rings. The SMILES string of the molecule is CCCCCCCCCOc1ccccc1[B-](F)(F)F. The molecule has 1 aromatic carbocycles. The second-order valence-corrected chi connectivity index (χ2v) is 5.08. The highest BCUT2D eigenvalue weighted by atomic mass is 19.4. The fourth-order valence-electron chi connectivity index (χ4n) is 2.12. The summed E-state index contributed by atoms with van der Waals surface area (Å²) in [6, 6.07) is 5.45. The number of para-hydroxylation sites is 1. The van der Waals surface area contributed by atoms with Crippen LogP contribution in [-0.2, 0) is 0 Å². The highest BCUT2D eigenvalue weighted by Gasteiger charge is 2.28. The smallest absolute Gasteiger partial charge is 0.497 e. The molecule has 1 rings (SSSR count). The van der Waals surface area contributed by atoms with Crippen LogP contribution in [0.3, 0.4) is 0 Å². The lowest BCUT2D eigenvalue weighted by molar-refractivity contribution is 0.305. The molecule has 20 heavy (non-hydrogen) atoms. The van der Waals surface area contributed by atoms with E-state index < -0.39 is 12.4 Å². The Morgan fingerprint density at radius 1 is 0.900 bits per heavy atom. The molecule has 0 saturated carbocycles. The van der Waals surface area contributed by atoms with Gasteiger partial charge in [0.05, 0.1) is 12.4 Å². The first-order chi connectivity index (χ1) is 9.55. The number of halogens is 3. The van der Waals surface area contributed by atoms with Gasteiger partial charge in [-0.25, -0.2) is 0 Å². The van der Waals surface area contributed by atoms with E-state index in [-0.39, 0.29) is 5.75 Å². The van der Waals surface area contributed by atoms with Crippen LogP contribution in [-0.4, -0.2) is 13.6 Å². The van der Waals surface area contributed by atoms with Crippen molar-refractivity contribution < 1.29 is 17.7 Å². The van der Waals surface area contributed by atoms with Gasteiger partial charge in [-0.05, 0) is 12.5 Å². The Morgan fingerprint density at radius 2 is 1.50 bits per heavy atom. The molecule has 0 aliphatic heterocycles. The van der Waals surface area contributed by atoms with Gasteiger partial charge in [-0.2, -0.15) is 0 Å². The maximum atomic E-state index is 12.8. The van der Waals surface area contributed by atoms with Gasteiger partial charge in [-0.1, -0.05) is 69.1 Å². The van der Waals surface area contributed by atoms with Crippen molar-refractivity contribution in [2.75, 3.05) is 6.61 Å². The molecule has 0 saturated heterocycles. The summed E-state index contributed by atoms with van der Waals surface area (Å²) in [6.07, 6.45) is 7.89. The van der Waals surface area contributed by atoms with Crippen molar-refractivity contribution in [1.29, 1.82) is 0 Å². The van der Waals surface area contributed by atoms with E-state index in [2.05, 4.69) is 6.92 Å². The van der Waals surface area contributed by atoms with E-state index in [0.29, 0.717) is 6.61 Å². The van der Waals surface area contributed by atoms with Gasteiger partial charge in [0.15, 0.2) is 0 Å². The van der Waals surface area contributed by atoms with Gasteiger partial charge in [0.1, 0.15) is 0 Å². The topological polar surface area (TPSA) is 9.23 Å². The molecule has 0 bridgehead atoms. The van der Waals surface area contributed by atoms with Gasteiger partial charge in [0.2, 0.25) is 0 Å². The Bertz CT molecular complexity index is 380. The van der Waals surface area contributed by atoms with Gasteiger partial charge < -0.3 is 17.7 Å². The molecule has 5 heteroatoms. The lowest BCUT2D eigenvalue weighted by atomic mass is 9.79. The van der Waals surface area contributed by atoms with Crippen LogP contribution in [0, 0.1) is 0 Å². The Kier molecular flexibility index (Phi) is 7.56. The molecule has 0 spiro atoms. The van der Waals surface area contributed by atoms with Gasteiger partial charge in [-0.3, -0.25) is 0 Å². The Morgan fingerprint density at radius 3 is 2.15 bits per heavy atom. The average molecular weight is 287 g/mol. The third-order valence-corrected chi connectivity index (χ3v) is 3.28. The molecule has 0 atom stereocenters. The van der Waals surface area contributed by atoms with Gasteiger partial charge >= 0.3 is 6.98 Å². The summed E-state index contributed by atoms with van der Waals surface area (Å²) in [5, 5.41) is 0. The predicted molar refractivity (Wildman–Crippen MR) is 78.6 cm³/mol. The quantitative estimate of drug-likeness (QED) is 0.440. The highest BCUT2D eigenvalue weighted by Crippen LogP contribution is 2.18. The fourth-order valence-corrected chi connectivity index (χ4v) is 2.12. The Hall–Kier alpha value is -1.13. The lowest BCUT2D eigenvalue weighted by Crippen LogP contribution is -2.35. The summed E-state index contributed by atoms with van der Waals surface area (Å²) >= 11 is 0. The summed E-state index contributed by atoms with van der Waals surface area (Å²) < 4.78 is 43.6. The van der Waals surface area contributed by atoms with Crippen molar-refractivity contribution in [3.05, 3.63) is 24.3 Å². The second-order valence-electron chi connectivity index (χ2n) is 5.08. The molecular formula is C15H23BF3O-. The number of rotatable bonds is 10. The van der Waals surface area contributed by atoms with Crippen molar-refractivity contribution in [2.45, 2.75) is 51.9 Å². The molecule has 1 nitrogen and oxygen atoms in total. The average Bonchev–Trinajstić information content (AvgIpc) is 2.41. The third kappa shape index (κ3) is 6.35. The van der Waals surface area contributed by atoms with Crippen LogP contribution < -0.4 is 10.2 Å². The van der Waals surface area contributed by atoms with Crippen LogP contribution in [0.4, 0.5) is 12.9 Å². The second kappa shape index (κ2) is 8.93. The summed E-state index contributed by atoms with van der Waals surface area (Å²) in [5.74, 6) is -0.0361. The van der Waals surface area contributed by atoms with Crippen molar-refractivity contribution >= 4 is 12.4 Å². The molecule has 0 heterocycles. The number of benzene rings is 1. The minimum Gasteiger partial charge on any atom is -0.497 e. The Balaban J connectivity index is 2.26. The lowest BCUT2D eigenvalue weighted by Gasteiger charge is -2.19. The van der Waals surface area contributed by atoms with E-state index >= 15 is 0 Å². The van der Waals surface area contributed by atoms with Crippen LogP contribution in [0.5, 0.6) is 5.75 Å². The number of hydrogen-bond donors (Lipinski definition) is 0. The number of unbranched alkanes of at least 4 members (excludes halogenated alkanes) is 6. The molecular weight excluding hydrogens is 264 g/mol. The van der Waals surface area contributed by atoms with Crippen molar-refractivity contribution in [3.8, 4) is 5.75 Å². The van der Waals surface area contributed by atoms with E-state index in [1.807, 2.05) is 0 Å². The molecule has 0 unspecified atom stereocenters. The van der Waals surface area contributed by atoms with Crippen LogP contribution in [0.15, 0.2) is 24.3 Å². The minimum atomic E-state index is -5.00. The molecule has 0 radical (unpaired) electrons. The van der Waals surface area contributed by atoms with Crippen LogP contribution in [0.25, 0.3) is 0 Å². The zero-order valence-electron chi connectivity index (χ0n) is 12.1. The van der Waals surface area contributed by atoms with Gasteiger partial charge in [0, 0.05) is 0 Å². The first-order valence-corrected chi connectivity index (χ1v) is 7.47. The van der Waals surface area contributed by atoms with E-state index in [9.17, 15) is 12.9 Å². The Labute approximate surface area is 119 Å². The van der Waals surface area contributed by atoms with Crippen molar-refractivity contribution in [2.24, 2.45) is 0 Å². The summed E-state index contributed by atoms with van der Waals surface area (Å²) in [6.45, 7) is -2.47. The summed E-state index contributed by atoms with van der Waals surface area (Å²) in [5.41, 5.74) is -0.629. The van der Waals surface area contributed by atoms with Crippen molar-refractivity contribution in [3.63, 3.8) is 0 Å². The van der Waals surface area contributed by atoms with E-state index in [0.717, 1.165) is 25.3 Å². The third-order valence-electron chi connectivity index (χ3n) is 3.28. The highest BCUT2D eigenvalue weighted by molar-refractivity contribution is 6.74. The molecule has 0 aromatic heterocycles.